The molecule has 1 aliphatic heterocycles. The number of amides is 1. The first kappa shape index (κ1) is 13.8. The van der Waals surface area contributed by atoms with E-state index in [1.807, 2.05) is 4.90 Å². The van der Waals surface area contributed by atoms with Gasteiger partial charge in [-0.15, -0.1) is 0 Å². The van der Waals surface area contributed by atoms with Crippen LogP contribution in [-0.2, 0) is 4.79 Å². The minimum Gasteiger partial charge on any atom is -0.341 e. The summed E-state index contributed by atoms with van der Waals surface area (Å²) in [5.74, 6) is 0.781. The van der Waals surface area contributed by atoms with E-state index in [0.29, 0.717) is 5.92 Å². The summed E-state index contributed by atoms with van der Waals surface area (Å²) in [7, 11) is 0. The third-order valence-corrected chi connectivity index (χ3v) is 4.55. The third kappa shape index (κ3) is 3.04. The van der Waals surface area contributed by atoms with E-state index in [1.165, 1.54) is 12.8 Å². The van der Waals surface area contributed by atoms with Crippen molar-refractivity contribution < 1.29 is 4.79 Å². The van der Waals surface area contributed by atoms with Crippen LogP contribution in [0.1, 0.15) is 51.4 Å². The number of nitrogens with two attached hydrogens (primary N) is 2. The van der Waals surface area contributed by atoms with Crippen LogP contribution in [0.5, 0.6) is 0 Å². The van der Waals surface area contributed by atoms with Gasteiger partial charge in [0.15, 0.2) is 0 Å². The fourth-order valence-corrected chi connectivity index (χ4v) is 3.43. The first-order valence-corrected chi connectivity index (χ1v) is 7.44. The Morgan fingerprint density at radius 1 is 1.22 bits per heavy atom. The topological polar surface area (TPSA) is 72.3 Å². The van der Waals surface area contributed by atoms with Gasteiger partial charge in [0, 0.05) is 13.1 Å². The molecule has 0 aromatic heterocycles. The summed E-state index contributed by atoms with van der Waals surface area (Å²) < 4.78 is 0. The van der Waals surface area contributed by atoms with Crippen LogP contribution >= 0.6 is 0 Å². The highest BCUT2D eigenvalue weighted by atomic mass is 16.2. The Kier molecular flexibility index (Phi) is 4.62. The molecule has 1 atom stereocenters. The summed E-state index contributed by atoms with van der Waals surface area (Å²) in [6.07, 6.45) is 8.49. The van der Waals surface area contributed by atoms with Crippen LogP contribution in [-0.4, -0.2) is 36.0 Å². The number of hydrogen-bond donors (Lipinski definition) is 2. The normalized spacial score (nSPS) is 28.1. The van der Waals surface area contributed by atoms with E-state index in [9.17, 15) is 4.79 Å². The summed E-state index contributed by atoms with van der Waals surface area (Å²) in [4.78, 5) is 14.6. The Morgan fingerprint density at radius 2 is 1.94 bits per heavy atom. The number of piperidine rings is 1. The largest absolute Gasteiger partial charge is 0.341 e. The lowest BCUT2D eigenvalue weighted by molar-refractivity contribution is -0.140. The molecule has 0 radical (unpaired) electrons. The van der Waals surface area contributed by atoms with Gasteiger partial charge < -0.3 is 16.4 Å². The van der Waals surface area contributed by atoms with E-state index in [4.69, 9.17) is 11.5 Å². The summed E-state index contributed by atoms with van der Waals surface area (Å²) >= 11 is 0. The van der Waals surface area contributed by atoms with Gasteiger partial charge in [-0.2, -0.15) is 0 Å². The predicted molar refractivity (Wildman–Crippen MR) is 73.0 cm³/mol. The van der Waals surface area contributed by atoms with Crippen LogP contribution in [0.25, 0.3) is 0 Å². The molecular weight excluding hydrogens is 226 g/mol. The first-order chi connectivity index (χ1) is 8.65. The van der Waals surface area contributed by atoms with Gasteiger partial charge in [0.1, 0.15) is 0 Å². The Labute approximate surface area is 110 Å². The second kappa shape index (κ2) is 6.02. The molecule has 4 heteroatoms. The maximum Gasteiger partial charge on any atom is 0.242 e. The van der Waals surface area contributed by atoms with E-state index in [0.717, 1.165) is 58.2 Å². The fraction of sp³-hybridized carbons (Fsp3) is 0.929. The summed E-state index contributed by atoms with van der Waals surface area (Å²) in [5, 5.41) is 0. The van der Waals surface area contributed by atoms with Gasteiger partial charge in [0.05, 0.1) is 5.54 Å². The van der Waals surface area contributed by atoms with Crippen LogP contribution in [0, 0.1) is 5.92 Å². The molecular formula is C14H27N3O. The van der Waals surface area contributed by atoms with Crippen LogP contribution in [0.4, 0.5) is 0 Å². The van der Waals surface area contributed by atoms with E-state index in [2.05, 4.69) is 0 Å². The molecule has 18 heavy (non-hydrogen) atoms. The molecule has 0 bridgehead atoms. The maximum absolute atomic E-state index is 12.6. The Hall–Kier alpha value is -0.610. The lowest BCUT2D eigenvalue weighted by Gasteiger charge is -2.40. The maximum atomic E-state index is 12.6. The van der Waals surface area contributed by atoms with Crippen molar-refractivity contribution >= 4 is 5.91 Å². The number of hydrogen-bond acceptors (Lipinski definition) is 3. The van der Waals surface area contributed by atoms with Crippen molar-refractivity contribution in [2.45, 2.75) is 56.9 Å². The molecule has 4 N–H and O–H groups in total. The zero-order chi connectivity index (χ0) is 13.0. The smallest absolute Gasteiger partial charge is 0.242 e. The molecule has 1 saturated carbocycles. The van der Waals surface area contributed by atoms with Gasteiger partial charge in [0.25, 0.3) is 0 Å². The molecule has 0 aromatic carbocycles. The molecule has 2 aliphatic rings. The van der Waals surface area contributed by atoms with Gasteiger partial charge >= 0.3 is 0 Å². The zero-order valence-corrected chi connectivity index (χ0v) is 11.4. The third-order valence-electron chi connectivity index (χ3n) is 4.55. The van der Waals surface area contributed by atoms with Gasteiger partial charge in [-0.05, 0) is 44.6 Å². The minimum atomic E-state index is -0.567. The van der Waals surface area contributed by atoms with Crippen molar-refractivity contribution in [3.8, 4) is 0 Å². The summed E-state index contributed by atoms with van der Waals surface area (Å²) in [6.45, 7) is 2.48. The van der Waals surface area contributed by atoms with E-state index >= 15 is 0 Å². The number of likely N-dealkylation sites (tertiary alicyclic amines) is 1. The molecule has 1 unspecified atom stereocenters. The van der Waals surface area contributed by atoms with E-state index < -0.39 is 5.54 Å². The molecule has 0 aromatic rings. The Morgan fingerprint density at radius 3 is 2.61 bits per heavy atom. The lowest BCUT2D eigenvalue weighted by Crippen LogP contribution is -2.58. The van der Waals surface area contributed by atoms with Crippen molar-refractivity contribution in [2.75, 3.05) is 19.6 Å². The highest BCUT2D eigenvalue weighted by molar-refractivity contribution is 5.86. The van der Waals surface area contributed by atoms with Crippen LogP contribution in [0.3, 0.4) is 0 Å². The molecule has 0 spiro atoms. The molecule has 4 nitrogen and oxygen atoms in total. The minimum absolute atomic E-state index is 0.198. The standard InChI is InChI=1S/C14H27N3O/c15-9-6-12-5-4-10-17(11-12)13(18)14(16)7-2-1-3-8-14/h12H,1-11,15-16H2. The predicted octanol–water partition coefficient (Wildman–Crippen LogP) is 1.24. The molecule has 2 rings (SSSR count). The SMILES string of the molecule is NCCC1CCCN(C(=O)C2(N)CCCCC2)C1. The van der Waals surface area contributed by atoms with Gasteiger partial charge in [-0.3, -0.25) is 4.79 Å². The zero-order valence-electron chi connectivity index (χ0n) is 11.4. The highest BCUT2D eigenvalue weighted by Crippen LogP contribution is 2.29. The average Bonchev–Trinajstić information content (AvgIpc) is 2.39. The van der Waals surface area contributed by atoms with Gasteiger partial charge in [-0.25, -0.2) is 0 Å². The highest BCUT2D eigenvalue weighted by Gasteiger charge is 2.39. The molecule has 1 aliphatic carbocycles. The quantitative estimate of drug-likeness (QED) is 0.794. The van der Waals surface area contributed by atoms with Crippen molar-refractivity contribution in [1.82, 2.24) is 4.90 Å². The van der Waals surface area contributed by atoms with E-state index in [1.54, 1.807) is 0 Å². The summed E-state index contributed by atoms with van der Waals surface area (Å²) in [5.41, 5.74) is 11.4. The molecule has 2 fully saturated rings. The van der Waals surface area contributed by atoms with Crippen LogP contribution in [0.2, 0.25) is 0 Å². The fourth-order valence-electron chi connectivity index (χ4n) is 3.43. The van der Waals surface area contributed by atoms with Crippen molar-refractivity contribution in [3.63, 3.8) is 0 Å². The first-order valence-electron chi connectivity index (χ1n) is 7.44. The average molecular weight is 253 g/mol. The Bertz CT molecular complexity index is 285. The van der Waals surface area contributed by atoms with Gasteiger partial charge in [0.2, 0.25) is 5.91 Å². The summed E-state index contributed by atoms with van der Waals surface area (Å²) in [6, 6.07) is 0. The monoisotopic (exact) mass is 253 g/mol. The number of nitrogens with zero attached hydrogens (tertiary/aromatic N) is 1. The second-order valence-electron chi connectivity index (χ2n) is 6.05. The molecule has 104 valence electrons. The molecule has 1 saturated heterocycles. The van der Waals surface area contributed by atoms with Crippen molar-refractivity contribution in [1.29, 1.82) is 0 Å². The number of carbonyl (C=O) groups is 1. The van der Waals surface area contributed by atoms with Crippen LogP contribution < -0.4 is 11.5 Å². The van der Waals surface area contributed by atoms with Gasteiger partial charge in [-0.1, -0.05) is 19.3 Å². The van der Waals surface area contributed by atoms with Crippen molar-refractivity contribution in [2.24, 2.45) is 17.4 Å². The Balaban J connectivity index is 1.95. The van der Waals surface area contributed by atoms with E-state index in [-0.39, 0.29) is 5.91 Å². The molecule has 1 amide bonds. The molecule has 1 heterocycles. The van der Waals surface area contributed by atoms with Crippen molar-refractivity contribution in [3.05, 3.63) is 0 Å². The number of rotatable bonds is 3. The number of carbonyl (C=O) groups excluding carboxylic acids is 1. The van der Waals surface area contributed by atoms with Crippen LogP contribution in [0.15, 0.2) is 0 Å². The second-order valence-corrected chi connectivity index (χ2v) is 6.05. The lowest BCUT2D eigenvalue weighted by atomic mass is 9.80.